The Kier molecular flexibility index (Phi) is 6.21. The van der Waals surface area contributed by atoms with Crippen molar-refractivity contribution in [3.8, 4) is 0 Å². The molecule has 0 aromatic rings. The molecule has 0 aliphatic heterocycles. The fourth-order valence-electron chi connectivity index (χ4n) is 0.988. The molecule has 0 aromatic heterocycles. The molecule has 1 amide bonds. The van der Waals surface area contributed by atoms with Gasteiger partial charge in [-0.05, 0) is 19.3 Å². The van der Waals surface area contributed by atoms with Gasteiger partial charge in [0.15, 0.2) is 6.67 Å². The zero-order chi connectivity index (χ0) is 11.0. The molecule has 3 nitrogen and oxygen atoms in total. The third kappa shape index (κ3) is 9.26. The number of carbonyl (C=O) groups is 1. The SMILES string of the molecule is C=CCCCCC(=O)NC[N+](C)(C)C. The second-order valence-corrected chi connectivity index (χ2v) is 4.58. The van der Waals surface area contributed by atoms with Crippen molar-refractivity contribution < 1.29 is 9.28 Å². The van der Waals surface area contributed by atoms with Crippen LogP contribution >= 0.6 is 0 Å². The fraction of sp³-hybridized carbons (Fsp3) is 0.727. The van der Waals surface area contributed by atoms with E-state index in [0.717, 1.165) is 23.7 Å². The summed E-state index contributed by atoms with van der Waals surface area (Å²) in [5.74, 6) is 0.155. The number of nitrogens with zero attached hydrogens (tertiary/aromatic N) is 1. The molecule has 0 saturated heterocycles. The van der Waals surface area contributed by atoms with Crippen LogP contribution in [-0.2, 0) is 4.79 Å². The van der Waals surface area contributed by atoms with E-state index in [0.29, 0.717) is 13.1 Å². The van der Waals surface area contributed by atoms with Crippen molar-refractivity contribution >= 4 is 5.91 Å². The summed E-state index contributed by atoms with van der Waals surface area (Å²) in [6, 6.07) is 0. The minimum atomic E-state index is 0.155. The monoisotopic (exact) mass is 199 g/mol. The van der Waals surface area contributed by atoms with Crippen molar-refractivity contribution in [3.63, 3.8) is 0 Å². The van der Waals surface area contributed by atoms with E-state index in [-0.39, 0.29) is 5.91 Å². The van der Waals surface area contributed by atoms with Gasteiger partial charge in [-0.2, -0.15) is 0 Å². The van der Waals surface area contributed by atoms with E-state index >= 15 is 0 Å². The number of carbonyl (C=O) groups excluding carboxylic acids is 1. The van der Waals surface area contributed by atoms with Crippen LogP contribution in [0.1, 0.15) is 25.7 Å². The van der Waals surface area contributed by atoms with Crippen molar-refractivity contribution in [1.82, 2.24) is 5.32 Å². The van der Waals surface area contributed by atoms with E-state index in [1.807, 2.05) is 6.08 Å². The minimum Gasteiger partial charge on any atom is -0.314 e. The van der Waals surface area contributed by atoms with Crippen molar-refractivity contribution in [2.45, 2.75) is 25.7 Å². The van der Waals surface area contributed by atoms with Crippen molar-refractivity contribution in [3.05, 3.63) is 12.7 Å². The van der Waals surface area contributed by atoms with Gasteiger partial charge in [-0.15, -0.1) is 6.58 Å². The van der Waals surface area contributed by atoms with Crippen molar-refractivity contribution in [2.75, 3.05) is 27.8 Å². The average molecular weight is 199 g/mol. The zero-order valence-electron chi connectivity index (χ0n) is 9.68. The Balaban J connectivity index is 3.42. The quantitative estimate of drug-likeness (QED) is 0.286. The number of nitrogens with one attached hydrogen (secondary N) is 1. The van der Waals surface area contributed by atoms with Crippen molar-refractivity contribution in [1.29, 1.82) is 0 Å². The Bertz CT molecular complexity index is 182. The third-order valence-corrected chi connectivity index (χ3v) is 1.81. The topological polar surface area (TPSA) is 29.1 Å². The lowest BCUT2D eigenvalue weighted by Crippen LogP contribution is -2.45. The number of allylic oxidation sites excluding steroid dienone is 1. The van der Waals surface area contributed by atoms with E-state index < -0.39 is 0 Å². The van der Waals surface area contributed by atoms with Gasteiger partial charge in [-0.1, -0.05) is 6.08 Å². The van der Waals surface area contributed by atoms with E-state index in [9.17, 15) is 4.79 Å². The van der Waals surface area contributed by atoms with Crippen LogP contribution in [0.4, 0.5) is 0 Å². The van der Waals surface area contributed by atoms with Gasteiger partial charge in [0.1, 0.15) is 0 Å². The first-order valence-corrected chi connectivity index (χ1v) is 5.14. The minimum absolute atomic E-state index is 0.155. The number of hydrogen-bond acceptors (Lipinski definition) is 1. The number of hydrogen-bond donors (Lipinski definition) is 1. The van der Waals surface area contributed by atoms with Gasteiger partial charge in [0.25, 0.3) is 0 Å². The van der Waals surface area contributed by atoms with Gasteiger partial charge in [0.05, 0.1) is 21.1 Å². The van der Waals surface area contributed by atoms with Crippen LogP contribution in [0.2, 0.25) is 0 Å². The van der Waals surface area contributed by atoms with E-state index in [4.69, 9.17) is 0 Å². The predicted octanol–water partition coefficient (Wildman–Crippen LogP) is 1.51. The summed E-state index contributed by atoms with van der Waals surface area (Å²) in [6.07, 6.45) is 5.54. The Labute approximate surface area is 87.4 Å². The predicted molar refractivity (Wildman–Crippen MR) is 59.7 cm³/mol. The van der Waals surface area contributed by atoms with Gasteiger partial charge < -0.3 is 9.80 Å². The molecule has 0 aliphatic rings. The van der Waals surface area contributed by atoms with Gasteiger partial charge in [0.2, 0.25) is 5.91 Å². The van der Waals surface area contributed by atoms with Crippen LogP contribution in [0.15, 0.2) is 12.7 Å². The Morgan fingerprint density at radius 1 is 1.36 bits per heavy atom. The largest absolute Gasteiger partial charge is 0.314 e. The normalized spacial score (nSPS) is 11.1. The molecule has 0 aliphatic carbocycles. The summed E-state index contributed by atoms with van der Waals surface area (Å²) in [5.41, 5.74) is 0. The maximum atomic E-state index is 11.3. The Hall–Kier alpha value is -0.830. The van der Waals surface area contributed by atoms with Gasteiger partial charge in [0, 0.05) is 6.42 Å². The molecular weight excluding hydrogens is 176 g/mol. The van der Waals surface area contributed by atoms with Crippen LogP contribution in [0.25, 0.3) is 0 Å². The summed E-state index contributed by atoms with van der Waals surface area (Å²) in [7, 11) is 6.16. The smallest absolute Gasteiger partial charge is 0.224 e. The van der Waals surface area contributed by atoms with Gasteiger partial charge in [-0.3, -0.25) is 4.79 Å². The molecule has 0 radical (unpaired) electrons. The molecule has 0 fully saturated rings. The molecule has 0 spiro atoms. The van der Waals surface area contributed by atoms with Crippen molar-refractivity contribution in [2.24, 2.45) is 0 Å². The van der Waals surface area contributed by atoms with Crippen LogP contribution < -0.4 is 5.32 Å². The molecule has 3 heteroatoms. The highest BCUT2D eigenvalue weighted by Gasteiger charge is 2.08. The standard InChI is InChI=1S/C11H22N2O/c1-5-6-7-8-9-11(14)12-10-13(2,3)4/h5H,1,6-10H2,2-4H3/p+1. The molecule has 0 aromatic carbocycles. The summed E-state index contributed by atoms with van der Waals surface area (Å²) >= 11 is 0. The Morgan fingerprint density at radius 3 is 2.50 bits per heavy atom. The molecule has 0 rings (SSSR count). The molecule has 82 valence electrons. The lowest BCUT2D eigenvalue weighted by Gasteiger charge is -2.23. The summed E-state index contributed by atoms with van der Waals surface area (Å²) in [5, 5.41) is 2.91. The van der Waals surface area contributed by atoms with E-state index in [1.54, 1.807) is 0 Å². The van der Waals surface area contributed by atoms with E-state index in [1.165, 1.54) is 0 Å². The van der Waals surface area contributed by atoms with Crippen LogP contribution in [-0.4, -0.2) is 38.2 Å². The second kappa shape index (κ2) is 6.60. The molecular formula is C11H23N2O+. The highest BCUT2D eigenvalue weighted by Crippen LogP contribution is 1.99. The lowest BCUT2D eigenvalue weighted by atomic mass is 10.2. The molecule has 14 heavy (non-hydrogen) atoms. The number of amides is 1. The molecule has 0 unspecified atom stereocenters. The third-order valence-electron chi connectivity index (χ3n) is 1.81. The zero-order valence-corrected chi connectivity index (χ0v) is 9.68. The first-order chi connectivity index (χ1) is 6.45. The highest BCUT2D eigenvalue weighted by atomic mass is 16.1. The summed E-state index contributed by atoms with van der Waals surface area (Å²) < 4.78 is 0.762. The molecule has 0 saturated carbocycles. The Morgan fingerprint density at radius 2 is 2.00 bits per heavy atom. The maximum absolute atomic E-state index is 11.3. The number of unbranched alkanes of at least 4 members (excludes halogenated alkanes) is 2. The lowest BCUT2D eigenvalue weighted by molar-refractivity contribution is -0.872. The molecule has 0 bridgehead atoms. The average Bonchev–Trinajstić information content (AvgIpc) is 2.08. The fourth-order valence-corrected chi connectivity index (χ4v) is 0.988. The second-order valence-electron chi connectivity index (χ2n) is 4.58. The first-order valence-electron chi connectivity index (χ1n) is 5.14. The molecule has 1 N–H and O–H groups in total. The van der Waals surface area contributed by atoms with Crippen LogP contribution in [0.5, 0.6) is 0 Å². The molecule has 0 heterocycles. The summed E-state index contributed by atoms with van der Waals surface area (Å²) in [4.78, 5) is 11.3. The number of rotatable bonds is 7. The van der Waals surface area contributed by atoms with E-state index in [2.05, 4.69) is 33.0 Å². The van der Waals surface area contributed by atoms with Gasteiger partial charge in [-0.25, -0.2) is 0 Å². The molecule has 0 atom stereocenters. The maximum Gasteiger partial charge on any atom is 0.224 e. The van der Waals surface area contributed by atoms with Gasteiger partial charge >= 0.3 is 0 Å². The number of quaternary nitrogens is 1. The van der Waals surface area contributed by atoms with Crippen LogP contribution in [0, 0.1) is 0 Å². The summed E-state index contributed by atoms with van der Waals surface area (Å²) in [6.45, 7) is 4.34. The first kappa shape index (κ1) is 13.2. The highest BCUT2D eigenvalue weighted by molar-refractivity contribution is 5.75. The van der Waals surface area contributed by atoms with Crippen LogP contribution in [0.3, 0.4) is 0 Å².